The van der Waals surface area contributed by atoms with Gasteiger partial charge in [-0.05, 0) is 47.1 Å². The van der Waals surface area contributed by atoms with Crippen molar-refractivity contribution < 1.29 is 4.79 Å². The number of nitrogens with zero attached hydrogens (tertiary/aromatic N) is 2. The lowest BCUT2D eigenvalue weighted by Gasteiger charge is -2.01. The normalized spacial score (nSPS) is 10.6. The minimum absolute atomic E-state index is 0.198. The molecule has 0 aliphatic rings. The molecule has 21 heavy (non-hydrogen) atoms. The largest absolute Gasteiger partial charge is 0.298 e. The zero-order valence-electron chi connectivity index (χ0n) is 11.0. The minimum atomic E-state index is -0.198. The molecule has 0 saturated carbocycles. The van der Waals surface area contributed by atoms with E-state index in [0.717, 1.165) is 20.1 Å². The summed E-state index contributed by atoms with van der Waals surface area (Å²) in [4.78, 5) is 21.7. The van der Waals surface area contributed by atoms with Crippen molar-refractivity contribution in [2.45, 2.75) is 6.92 Å². The highest BCUT2D eigenvalue weighted by molar-refractivity contribution is 9.11. The molecular formula is C14H10BrN3OS2. The number of anilines is 1. The van der Waals surface area contributed by atoms with Gasteiger partial charge in [-0.25, -0.2) is 4.98 Å². The number of thiazole rings is 1. The molecule has 3 aromatic heterocycles. The summed E-state index contributed by atoms with van der Waals surface area (Å²) in [6, 6.07) is 7.54. The first-order chi connectivity index (χ1) is 10.1. The molecule has 0 bridgehead atoms. The van der Waals surface area contributed by atoms with Crippen LogP contribution in [-0.2, 0) is 0 Å². The quantitative estimate of drug-likeness (QED) is 0.723. The van der Waals surface area contributed by atoms with Crippen molar-refractivity contribution in [1.29, 1.82) is 0 Å². The molecule has 0 aromatic carbocycles. The maximum absolute atomic E-state index is 12.1. The number of amides is 1. The van der Waals surface area contributed by atoms with E-state index in [9.17, 15) is 4.79 Å². The van der Waals surface area contributed by atoms with Gasteiger partial charge in [-0.2, -0.15) is 0 Å². The molecule has 7 heteroatoms. The summed E-state index contributed by atoms with van der Waals surface area (Å²) in [5.41, 5.74) is 2.27. The minimum Gasteiger partial charge on any atom is -0.298 e. The zero-order chi connectivity index (χ0) is 14.8. The third-order valence-electron chi connectivity index (χ3n) is 2.72. The Labute approximate surface area is 138 Å². The van der Waals surface area contributed by atoms with Gasteiger partial charge in [0.05, 0.1) is 19.9 Å². The maximum Gasteiger partial charge on any atom is 0.259 e. The molecule has 0 fully saturated rings. The first-order valence-corrected chi connectivity index (χ1v) is 8.56. The van der Waals surface area contributed by atoms with Crippen LogP contribution in [-0.4, -0.2) is 15.9 Å². The molecule has 0 atom stereocenters. The fourth-order valence-electron chi connectivity index (χ4n) is 1.67. The van der Waals surface area contributed by atoms with Crippen molar-refractivity contribution in [2.24, 2.45) is 0 Å². The lowest BCUT2D eigenvalue weighted by atomic mass is 10.2. The molecule has 3 rings (SSSR count). The van der Waals surface area contributed by atoms with E-state index in [1.165, 1.54) is 11.3 Å². The highest BCUT2D eigenvalue weighted by atomic mass is 79.9. The molecule has 0 spiro atoms. The highest BCUT2D eigenvalue weighted by Gasteiger charge is 2.11. The first-order valence-electron chi connectivity index (χ1n) is 6.07. The van der Waals surface area contributed by atoms with E-state index in [1.807, 2.05) is 30.5 Å². The van der Waals surface area contributed by atoms with E-state index >= 15 is 0 Å². The van der Waals surface area contributed by atoms with Gasteiger partial charge in [-0.15, -0.1) is 22.7 Å². The Kier molecular flexibility index (Phi) is 4.14. The number of carbonyl (C=O) groups excluding carboxylic acids is 1. The Bertz CT molecular complexity index is 780. The van der Waals surface area contributed by atoms with Crippen LogP contribution in [0.25, 0.3) is 10.6 Å². The van der Waals surface area contributed by atoms with Crippen LogP contribution in [0.3, 0.4) is 0 Å². The van der Waals surface area contributed by atoms with E-state index in [2.05, 4.69) is 31.2 Å². The molecule has 0 saturated heterocycles. The number of hydrogen-bond donors (Lipinski definition) is 1. The zero-order valence-corrected chi connectivity index (χ0v) is 14.2. The first kappa shape index (κ1) is 14.4. The van der Waals surface area contributed by atoms with Gasteiger partial charge in [0.25, 0.3) is 5.91 Å². The van der Waals surface area contributed by atoms with Crippen LogP contribution in [0.2, 0.25) is 0 Å². The van der Waals surface area contributed by atoms with Gasteiger partial charge >= 0.3 is 0 Å². The van der Waals surface area contributed by atoms with E-state index < -0.39 is 0 Å². The summed E-state index contributed by atoms with van der Waals surface area (Å²) in [5.74, 6) is -0.198. The molecule has 1 amide bonds. The summed E-state index contributed by atoms with van der Waals surface area (Å²) in [6.45, 7) is 1.88. The van der Waals surface area contributed by atoms with Crippen molar-refractivity contribution in [3.05, 3.63) is 50.9 Å². The van der Waals surface area contributed by atoms with Gasteiger partial charge < -0.3 is 0 Å². The second kappa shape index (κ2) is 6.05. The lowest BCUT2D eigenvalue weighted by molar-refractivity contribution is 0.102. The van der Waals surface area contributed by atoms with Crippen molar-refractivity contribution in [3.63, 3.8) is 0 Å². The molecular weight excluding hydrogens is 370 g/mol. The Morgan fingerprint density at radius 1 is 1.29 bits per heavy atom. The standard InChI is InChI=1S/C14H10BrN3OS2/c1-8-2-3-9(6-16-8)13(19)18-14-17-10(7-20-14)11-4-5-12(15)21-11/h2-7H,1H3,(H,17,18,19). The Balaban J connectivity index is 1.75. The molecule has 0 unspecified atom stereocenters. The molecule has 3 heterocycles. The van der Waals surface area contributed by atoms with Gasteiger partial charge in [-0.3, -0.25) is 15.1 Å². The van der Waals surface area contributed by atoms with Crippen molar-refractivity contribution in [1.82, 2.24) is 9.97 Å². The van der Waals surface area contributed by atoms with Crippen LogP contribution < -0.4 is 5.32 Å². The number of nitrogens with one attached hydrogen (secondary N) is 1. The van der Waals surface area contributed by atoms with Gasteiger partial charge in [0, 0.05) is 17.3 Å². The molecule has 3 aromatic rings. The van der Waals surface area contributed by atoms with Crippen LogP contribution in [0.4, 0.5) is 5.13 Å². The lowest BCUT2D eigenvalue weighted by Crippen LogP contribution is -2.12. The number of hydrogen-bond acceptors (Lipinski definition) is 5. The summed E-state index contributed by atoms with van der Waals surface area (Å²) >= 11 is 6.45. The average Bonchev–Trinajstić information content (AvgIpc) is 3.08. The molecule has 1 N–H and O–H groups in total. The number of thiophene rings is 1. The number of pyridine rings is 1. The Morgan fingerprint density at radius 2 is 2.14 bits per heavy atom. The van der Waals surface area contributed by atoms with Crippen molar-refractivity contribution in [2.75, 3.05) is 5.32 Å². The monoisotopic (exact) mass is 379 g/mol. The highest BCUT2D eigenvalue weighted by Crippen LogP contribution is 2.33. The number of halogens is 1. The number of carbonyl (C=O) groups is 1. The summed E-state index contributed by atoms with van der Waals surface area (Å²) in [5, 5.41) is 5.31. The van der Waals surface area contributed by atoms with E-state index in [4.69, 9.17) is 0 Å². The number of aromatic nitrogens is 2. The third kappa shape index (κ3) is 3.37. The molecule has 0 radical (unpaired) electrons. The van der Waals surface area contributed by atoms with Gasteiger partial charge in [0.2, 0.25) is 0 Å². The summed E-state index contributed by atoms with van der Waals surface area (Å²) in [6.07, 6.45) is 1.57. The van der Waals surface area contributed by atoms with E-state index in [1.54, 1.807) is 23.6 Å². The van der Waals surface area contributed by atoms with Crippen molar-refractivity contribution >= 4 is 49.6 Å². The maximum atomic E-state index is 12.1. The molecule has 0 aliphatic carbocycles. The SMILES string of the molecule is Cc1ccc(C(=O)Nc2nc(-c3ccc(Br)s3)cs2)cn1. The molecule has 106 valence electrons. The van der Waals surface area contributed by atoms with Gasteiger partial charge in [-0.1, -0.05) is 0 Å². The molecule has 4 nitrogen and oxygen atoms in total. The predicted molar refractivity (Wildman–Crippen MR) is 90.1 cm³/mol. The van der Waals surface area contributed by atoms with Crippen LogP contribution >= 0.6 is 38.6 Å². The average molecular weight is 380 g/mol. The van der Waals surface area contributed by atoms with E-state index in [0.29, 0.717) is 10.7 Å². The predicted octanol–water partition coefficient (Wildman–Crippen LogP) is 4.59. The Hall–Kier alpha value is -1.57. The fourth-order valence-corrected chi connectivity index (χ4v) is 3.79. The second-order valence-electron chi connectivity index (χ2n) is 4.28. The number of rotatable bonds is 3. The second-order valence-corrected chi connectivity index (χ2v) is 7.61. The van der Waals surface area contributed by atoms with Gasteiger partial charge in [0.1, 0.15) is 0 Å². The van der Waals surface area contributed by atoms with Crippen LogP contribution in [0.1, 0.15) is 16.1 Å². The molecule has 0 aliphatic heterocycles. The van der Waals surface area contributed by atoms with Crippen molar-refractivity contribution in [3.8, 4) is 10.6 Å². The van der Waals surface area contributed by atoms with Gasteiger partial charge in [0.15, 0.2) is 5.13 Å². The van der Waals surface area contributed by atoms with Crippen LogP contribution in [0.15, 0.2) is 39.6 Å². The Morgan fingerprint density at radius 3 is 2.81 bits per heavy atom. The summed E-state index contributed by atoms with van der Waals surface area (Å²) in [7, 11) is 0. The van der Waals surface area contributed by atoms with Crippen LogP contribution in [0, 0.1) is 6.92 Å². The van der Waals surface area contributed by atoms with E-state index in [-0.39, 0.29) is 5.91 Å². The number of aryl methyl sites for hydroxylation is 1. The fraction of sp³-hybridized carbons (Fsp3) is 0.0714. The topological polar surface area (TPSA) is 54.9 Å². The smallest absolute Gasteiger partial charge is 0.259 e. The third-order valence-corrected chi connectivity index (χ3v) is 5.13. The van der Waals surface area contributed by atoms with Crippen LogP contribution in [0.5, 0.6) is 0 Å². The summed E-state index contributed by atoms with van der Waals surface area (Å²) < 4.78 is 1.06.